The zero-order chi connectivity index (χ0) is 21.9. The number of fused-ring (bicyclic) bond motifs is 2. The van der Waals surface area contributed by atoms with Gasteiger partial charge in [-0.3, -0.25) is 0 Å². The topological polar surface area (TPSA) is 0 Å². The fourth-order valence-corrected chi connectivity index (χ4v) is 8.77. The van der Waals surface area contributed by atoms with Crippen LogP contribution in [0.4, 0.5) is 0 Å². The largest absolute Gasteiger partial charge is 0.0654 e. The minimum absolute atomic E-state index is 0.857. The van der Waals surface area contributed by atoms with Gasteiger partial charge in [-0.1, -0.05) is 70.6 Å². The first kappa shape index (κ1) is 23.0. The molecule has 32 heavy (non-hydrogen) atoms. The summed E-state index contributed by atoms with van der Waals surface area (Å²) < 4.78 is 0. The molecule has 5 atom stereocenters. The van der Waals surface area contributed by atoms with Crippen LogP contribution < -0.4 is 0 Å². The van der Waals surface area contributed by atoms with E-state index in [1.54, 1.807) is 61.6 Å². The van der Waals surface area contributed by atoms with Crippen molar-refractivity contribution in [2.75, 3.05) is 0 Å². The van der Waals surface area contributed by atoms with Gasteiger partial charge >= 0.3 is 0 Å². The van der Waals surface area contributed by atoms with Crippen molar-refractivity contribution in [3.63, 3.8) is 0 Å². The molecule has 0 bridgehead atoms. The molecule has 0 N–H and O–H groups in total. The van der Waals surface area contributed by atoms with Gasteiger partial charge < -0.3 is 0 Å². The third-order valence-corrected chi connectivity index (χ3v) is 10.6. The van der Waals surface area contributed by atoms with Crippen molar-refractivity contribution in [3.8, 4) is 0 Å². The third kappa shape index (κ3) is 5.15. The summed E-state index contributed by atoms with van der Waals surface area (Å²) in [6.45, 7) is 4.72. The molecule has 0 radical (unpaired) electrons. The van der Waals surface area contributed by atoms with Gasteiger partial charge in [0.05, 0.1) is 0 Å². The van der Waals surface area contributed by atoms with Crippen LogP contribution in [0.3, 0.4) is 0 Å². The molecular weight excluding hydrogens is 384 g/mol. The van der Waals surface area contributed by atoms with E-state index in [0.717, 1.165) is 41.4 Å². The van der Waals surface area contributed by atoms with E-state index in [0.29, 0.717) is 0 Å². The molecule has 3 fully saturated rings. The van der Waals surface area contributed by atoms with Gasteiger partial charge in [0.15, 0.2) is 0 Å². The van der Waals surface area contributed by atoms with Gasteiger partial charge in [0.25, 0.3) is 0 Å². The minimum atomic E-state index is 0.857. The molecular formula is C32H50. The molecule has 4 aliphatic rings. The van der Waals surface area contributed by atoms with Gasteiger partial charge in [-0.15, -0.1) is 0 Å². The van der Waals surface area contributed by atoms with Crippen LogP contribution in [0.25, 0.3) is 0 Å². The maximum absolute atomic E-state index is 2.66. The first-order valence-electron chi connectivity index (χ1n) is 14.8. The predicted molar refractivity (Wildman–Crippen MR) is 138 cm³/mol. The highest BCUT2D eigenvalue weighted by molar-refractivity contribution is 5.36. The molecule has 0 heteroatoms. The van der Waals surface area contributed by atoms with E-state index in [1.807, 2.05) is 0 Å². The van der Waals surface area contributed by atoms with Gasteiger partial charge in [0, 0.05) is 0 Å². The number of hydrogen-bond donors (Lipinski definition) is 0. The Morgan fingerprint density at radius 2 is 1.28 bits per heavy atom. The fraction of sp³-hybridized carbons (Fsp3) is 0.812. The van der Waals surface area contributed by atoms with Crippen molar-refractivity contribution in [2.24, 2.45) is 35.5 Å². The van der Waals surface area contributed by atoms with Gasteiger partial charge in [0.2, 0.25) is 0 Å². The lowest BCUT2D eigenvalue weighted by Crippen LogP contribution is -2.34. The van der Waals surface area contributed by atoms with E-state index in [4.69, 9.17) is 0 Å². The second-order valence-electron chi connectivity index (χ2n) is 12.6. The van der Waals surface area contributed by atoms with Gasteiger partial charge in [0.1, 0.15) is 0 Å². The molecule has 0 spiro atoms. The maximum Gasteiger partial charge on any atom is -0.0159 e. The summed E-state index contributed by atoms with van der Waals surface area (Å²) in [4.78, 5) is 0. The van der Waals surface area contributed by atoms with Crippen molar-refractivity contribution in [2.45, 2.75) is 129 Å². The summed E-state index contributed by atoms with van der Waals surface area (Å²) in [5.41, 5.74) is 5.09. The lowest BCUT2D eigenvalue weighted by atomic mass is 9.60. The minimum Gasteiger partial charge on any atom is -0.0654 e. The van der Waals surface area contributed by atoms with Crippen LogP contribution >= 0.6 is 0 Å². The summed E-state index contributed by atoms with van der Waals surface area (Å²) in [7, 11) is 0. The van der Waals surface area contributed by atoms with E-state index in [2.05, 4.69) is 32.0 Å². The molecule has 5 unspecified atom stereocenters. The highest BCUT2D eigenvalue weighted by Gasteiger charge is 2.39. The molecule has 3 saturated carbocycles. The summed E-state index contributed by atoms with van der Waals surface area (Å²) in [6, 6.07) is 7.73. The Balaban J connectivity index is 1.14. The SMILES string of the molecule is CCCC1CCC(C2CCC3CC(c4ccc5c(c4)CCC(CCC)C5)CCC3C2)CC1. The third-order valence-electron chi connectivity index (χ3n) is 10.6. The number of aryl methyl sites for hydroxylation is 1. The lowest BCUT2D eigenvalue weighted by molar-refractivity contribution is 0.0712. The smallest absolute Gasteiger partial charge is 0.0159 e. The summed E-state index contributed by atoms with van der Waals surface area (Å²) in [5.74, 6) is 7.13. The Morgan fingerprint density at radius 1 is 0.625 bits per heavy atom. The zero-order valence-corrected chi connectivity index (χ0v) is 21.3. The van der Waals surface area contributed by atoms with Crippen LogP contribution in [-0.2, 0) is 12.8 Å². The molecule has 0 saturated heterocycles. The highest BCUT2D eigenvalue weighted by atomic mass is 14.4. The van der Waals surface area contributed by atoms with Crippen molar-refractivity contribution >= 4 is 0 Å². The fourth-order valence-electron chi connectivity index (χ4n) is 8.77. The first-order valence-corrected chi connectivity index (χ1v) is 14.8. The van der Waals surface area contributed by atoms with Crippen LogP contribution in [-0.4, -0.2) is 0 Å². The normalized spacial score (nSPS) is 37.5. The van der Waals surface area contributed by atoms with Crippen molar-refractivity contribution in [1.29, 1.82) is 0 Å². The molecule has 0 nitrogen and oxygen atoms in total. The van der Waals surface area contributed by atoms with Crippen molar-refractivity contribution in [1.82, 2.24) is 0 Å². The van der Waals surface area contributed by atoms with Crippen molar-refractivity contribution in [3.05, 3.63) is 34.9 Å². The zero-order valence-electron chi connectivity index (χ0n) is 21.3. The standard InChI is InChI=1S/C32H50/c1-3-5-23-7-10-25(11-8-23)27-14-16-31-22-32(18-17-29(31)20-27)30-15-13-26-19-24(6-4-2)9-12-28(26)21-30/h13,15,21,23-25,27,29,31-32H,3-12,14,16-20,22H2,1-2H3. The molecule has 1 aromatic rings. The Hall–Kier alpha value is -0.780. The van der Waals surface area contributed by atoms with Crippen LogP contribution in [0.2, 0.25) is 0 Å². The Labute approximate surface area is 199 Å². The Morgan fingerprint density at radius 3 is 2.06 bits per heavy atom. The van der Waals surface area contributed by atoms with Gasteiger partial charge in [-0.25, -0.2) is 0 Å². The highest BCUT2D eigenvalue weighted by Crippen LogP contribution is 2.51. The molecule has 178 valence electrons. The second kappa shape index (κ2) is 10.7. The van der Waals surface area contributed by atoms with Crippen LogP contribution in [0.1, 0.15) is 133 Å². The van der Waals surface area contributed by atoms with Crippen molar-refractivity contribution < 1.29 is 0 Å². The summed E-state index contributed by atoms with van der Waals surface area (Å²) in [5, 5.41) is 0. The molecule has 5 rings (SSSR count). The van der Waals surface area contributed by atoms with Crippen LogP contribution in [0, 0.1) is 35.5 Å². The quantitative estimate of drug-likeness (QED) is 0.418. The number of benzene rings is 1. The predicted octanol–water partition coefficient (Wildman–Crippen LogP) is 9.50. The average molecular weight is 435 g/mol. The average Bonchev–Trinajstić information content (AvgIpc) is 2.84. The molecule has 0 aromatic heterocycles. The molecule has 0 heterocycles. The summed E-state index contributed by atoms with van der Waals surface area (Å²) >= 11 is 0. The molecule has 1 aromatic carbocycles. The van der Waals surface area contributed by atoms with Gasteiger partial charge in [-0.05, 0) is 129 Å². The van der Waals surface area contributed by atoms with E-state index < -0.39 is 0 Å². The maximum atomic E-state index is 2.66. The lowest BCUT2D eigenvalue weighted by Gasteiger charge is -2.45. The Bertz CT molecular complexity index is 724. The Kier molecular flexibility index (Phi) is 7.65. The molecule has 0 amide bonds. The monoisotopic (exact) mass is 434 g/mol. The van der Waals surface area contributed by atoms with Crippen LogP contribution in [0.5, 0.6) is 0 Å². The van der Waals surface area contributed by atoms with E-state index in [9.17, 15) is 0 Å². The first-order chi connectivity index (χ1) is 15.7. The number of rotatable bonds is 6. The molecule has 0 aliphatic heterocycles. The number of hydrogen-bond acceptors (Lipinski definition) is 0. The van der Waals surface area contributed by atoms with E-state index >= 15 is 0 Å². The van der Waals surface area contributed by atoms with Gasteiger partial charge in [-0.2, -0.15) is 0 Å². The summed E-state index contributed by atoms with van der Waals surface area (Å²) in [6.07, 6.45) is 25.2. The van der Waals surface area contributed by atoms with E-state index in [-0.39, 0.29) is 0 Å². The van der Waals surface area contributed by atoms with Crippen LogP contribution in [0.15, 0.2) is 18.2 Å². The van der Waals surface area contributed by atoms with E-state index in [1.165, 1.54) is 64.2 Å². The molecule has 4 aliphatic carbocycles. The second-order valence-corrected chi connectivity index (χ2v) is 12.6.